The molecule has 0 saturated carbocycles. The van der Waals surface area contributed by atoms with Gasteiger partial charge < -0.3 is 0 Å². The summed E-state index contributed by atoms with van der Waals surface area (Å²) in [6.45, 7) is 0. The van der Waals surface area contributed by atoms with Gasteiger partial charge in [0.25, 0.3) is 0 Å². The van der Waals surface area contributed by atoms with E-state index in [1.54, 1.807) is 0 Å². The molecule has 2 nitrogen and oxygen atoms in total. The van der Waals surface area contributed by atoms with Crippen molar-refractivity contribution in [2.24, 2.45) is 0 Å². The second-order valence-corrected chi connectivity index (χ2v) is 0.167. The van der Waals surface area contributed by atoms with E-state index < -0.39 is 14.1 Å². The maximum Gasteiger partial charge on any atom is 0.0712 e. The monoisotopic (exact) mass is 68.1 g/mol. The molecule has 0 aliphatic rings. The van der Waals surface area contributed by atoms with Gasteiger partial charge in [-0.2, -0.15) is 0 Å². The highest BCUT2D eigenvalue weighted by Crippen LogP contribution is 1.52. The van der Waals surface area contributed by atoms with E-state index >= 15 is 0 Å². The number of hydrogen-bond donors (Lipinski definition) is 0. The zero-order valence-electron chi connectivity index (χ0n) is 7.82. The van der Waals surface area contributed by atoms with Crippen molar-refractivity contribution in [3.63, 3.8) is 0 Å². The Morgan fingerprint density at radius 3 is 2.25 bits per heavy atom. The van der Waals surface area contributed by atoms with Crippen molar-refractivity contribution >= 4 is 0 Å². The van der Waals surface area contributed by atoms with Gasteiger partial charge in [0.05, 0.1) is 22.3 Å². The molecule has 0 atom stereocenters. The van der Waals surface area contributed by atoms with E-state index in [4.69, 9.17) is 8.22 Å². The largest absolute Gasteiger partial charge is 0.240 e. The second kappa shape index (κ2) is 2.92. The van der Waals surface area contributed by atoms with Gasteiger partial charge in [-0.15, -0.1) is 0 Å². The van der Waals surface area contributed by atoms with Gasteiger partial charge in [0.1, 0.15) is 0 Å². The Balaban J connectivity index is 3.56. The molecule has 0 aromatic heterocycles. The molecule has 0 amide bonds. The lowest BCUT2D eigenvalue weighted by Crippen LogP contribution is -1.72. The highest BCUT2D eigenvalue weighted by molar-refractivity contribution is 3.47. The lowest BCUT2D eigenvalue weighted by Gasteiger charge is -1.78. The molecule has 2 heteroatoms. The lowest BCUT2D eigenvalue weighted by atomic mass is 11.7. The molecule has 0 bridgehead atoms. The molecule has 4 heavy (non-hydrogen) atoms. The molecular weight excluding hydrogens is 56.0 g/mol. The van der Waals surface area contributed by atoms with Gasteiger partial charge in [0, 0.05) is 0 Å². The zero-order valence-corrected chi connectivity index (χ0v) is 1.82. The first-order chi connectivity index (χ1) is 4.21. The molecule has 0 aliphatic carbocycles. The van der Waals surface area contributed by atoms with Gasteiger partial charge in [0.2, 0.25) is 0 Å². The SMILES string of the molecule is [2H]C([2H])([2H])OOC([2H])([2H])[2H]. The molecule has 0 aliphatic heterocycles. The Morgan fingerprint density at radius 2 is 2.00 bits per heavy atom. The number of rotatable bonds is 1. The van der Waals surface area contributed by atoms with E-state index in [1.165, 1.54) is 0 Å². The molecular formula is C2H6O2. The standard InChI is InChI=1S/C2H6O2/c1-3-4-2/h1-2H3/i1D3,2D3. The predicted molar refractivity (Wildman–Crippen MR) is 14.0 cm³/mol. The quantitative estimate of drug-likeness (QED) is 0.322. The predicted octanol–water partition coefficient (Wildman–Crippen LogP) is 0.194. The molecule has 0 unspecified atom stereocenters. The summed E-state index contributed by atoms with van der Waals surface area (Å²) in [6.07, 6.45) is 0. The normalized spacial score (nSPS) is 36.0. The molecule has 0 aromatic carbocycles. The summed E-state index contributed by atoms with van der Waals surface area (Å²) in [5.74, 6) is 0. The smallest absolute Gasteiger partial charge is 0.0712 e. The van der Waals surface area contributed by atoms with Crippen LogP contribution in [0, 0.1) is 0 Å². The first-order valence-corrected chi connectivity index (χ1v) is 0.575. The second-order valence-electron chi connectivity index (χ2n) is 0.167. The fourth-order valence-corrected chi connectivity index (χ4v) is 0. The van der Waals surface area contributed by atoms with Crippen molar-refractivity contribution in [1.82, 2.24) is 0 Å². The van der Waals surface area contributed by atoms with Gasteiger partial charge in [-0.05, 0) is 0 Å². The van der Waals surface area contributed by atoms with E-state index in [0.29, 0.717) is 0 Å². The Kier molecular flexibility index (Phi) is 0.307. The maximum atomic E-state index is 6.35. The summed E-state index contributed by atoms with van der Waals surface area (Å²) >= 11 is 0. The minimum Gasteiger partial charge on any atom is -0.240 e. The third-order valence-corrected chi connectivity index (χ3v) is 0.0417. The summed E-state index contributed by atoms with van der Waals surface area (Å²) in [4.78, 5) is 7.06. The molecule has 0 N–H and O–H groups in total. The molecule has 0 radical (unpaired) electrons. The van der Waals surface area contributed by atoms with E-state index in [1.807, 2.05) is 0 Å². The van der Waals surface area contributed by atoms with Crippen molar-refractivity contribution in [3.8, 4) is 0 Å². The van der Waals surface area contributed by atoms with Gasteiger partial charge in [-0.3, -0.25) is 0 Å². The van der Waals surface area contributed by atoms with Gasteiger partial charge >= 0.3 is 0 Å². The van der Waals surface area contributed by atoms with E-state index in [0.717, 1.165) is 0 Å². The Labute approximate surface area is 33.7 Å². The van der Waals surface area contributed by atoms with Crippen molar-refractivity contribution < 1.29 is 18.0 Å². The van der Waals surface area contributed by atoms with Crippen molar-refractivity contribution in [3.05, 3.63) is 0 Å². The first-order valence-electron chi connectivity index (χ1n) is 3.57. The van der Waals surface area contributed by atoms with E-state index in [9.17, 15) is 0 Å². The Bertz CT molecular complexity index is 87.3. The lowest BCUT2D eigenvalue weighted by molar-refractivity contribution is -0.248. The van der Waals surface area contributed by atoms with Crippen molar-refractivity contribution in [1.29, 1.82) is 0 Å². The minimum atomic E-state index is -2.82. The first kappa shape index (κ1) is 0.420. The molecule has 0 saturated heterocycles. The summed E-state index contributed by atoms with van der Waals surface area (Å²) in [5, 5.41) is 0. The van der Waals surface area contributed by atoms with Crippen LogP contribution < -0.4 is 0 Å². The fraction of sp³-hybridized carbons (Fsp3) is 1.00. The van der Waals surface area contributed by atoms with Crippen LogP contribution >= 0.6 is 0 Å². The molecule has 0 spiro atoms. The molecule has 0 fully saturated rings. The third-order valence-electron chi connectivity index (χ3n) is 0.0417. The van der Waals surface area contributed by atoms with Crippen LogP contribution in [0.4, 0.5) is 0 Å². The van der Waals surface area contributed by atoms with Crippen molar-refractivity contribution in [2.45, 2.75) is 0 Å². The number of hydrogen-bond acceptors (Lipinski definition) is 2. The van der Waals surface area contributed by atoms with Crippen LogP contribution in [0.25, 0.3) is 0 Å². The minimum absolute atomic E-state index is 2.82. The average Bonchev–Trinajstić information content (AvgIpc) is 1.57. The highest BCUT2D eigenvalue weighted by Gasteiger charge is 1.47. The fourth-order valence-electron chi connectivity index (χ4n) is 0. The van der Waals surface area contributed by atoms with E-state index in [2.05, 4.69) is 9.78 Å². The van der Waals surface area contributed by atoms with Crippen LogP contribution in [-0.2, 0) is 9.78 Å². The zero-order chi connectivity index (χ0) is 8.41. The van der Waals surface area contributed by atoms with Crippen LogP contribution in [0.3, 0.4) is 0 Å². The highest BCUT2D eigenvalue weighted by atomic mass is 17.2. The average molecular weight is 68.1 g/mol. The van der Waals surface area contributed by atoms with Gasteiger partial charge in [-0.1, -0.05) is 0 Å². The Hall–Kier alpha value is -0.0800. The summed E-state index contributed by atoms with van der Waals surface area (Å²) in [7, 11) is -5.65. The van der Waals surface area contributed by atoms with Crippen LogP contribution in [0.15, 0.2) is 0 Å². The van der Waals surface area contributed by atoms with Crippen LogP contribution in [-0.4, -0.2) is 14.1 Å². The van der Waals surface area contributed by atoms with Crippen LogP contribution in [0.5, 0.6) is 0 Å². The summed E-state index contributed by atoms with van der Waals surface area (Å²) in [6, 6.07) is 0. The summed E-state index contributed by atoms with van der Waals surface area (Å²) in [5.41, 5.74) is 0. The molecule has 26 valence electrons. The topological polar surface area (TPSA) is 18.5 Å². The third kappa shape index (κ3) is 1.92. The van der Waals surface area contributed by atoms with Crippen molar-refractivity contribution in [2.75, 3.05) is 14.1 Å². The van der Waals surface area contributed by atoms with E-state index in [-0.39, 0.29) is 0 Å². The molecule has 0 aromatic rings. The summed E-state index contributed by atoms with van der Waals surface area (Å²) < 4.78 is 38.1. The maximum absolute atomic E-state index is 6.35. The van der Waals surface area contributed by atoms with Crippen LogP contribution in [0.2, 0.25) is 0 Å². The van der Waals surface area contributed by atoms with Crippen LogP contribution in [0.1, 0.15) is 8.22 Å². The molecule has 0 rings (SSSR count). The Morgan fingerprint density at radius 1 is 1.50 bits per heavy atom. The molecule has 0 heterocycles. The van der Waals surface area contributed by atoms with Gasteiger partial charge in [0.15, 0.2) is 0 Å². The van der Waals surface area contributed by atoms with Gasteiger partial charge in [-0.25, -0.2) is 9.78 Å².